The summed E-state index contributed by atoms with van der Waals surface area (Å²) in [4.78, 5) is 0. The Labute approximate surface area is 118 Å². The zero-order valence-electron chi connectivity index (χ0n) is 12.7. The van der Waals surface area contributed by atoms with E-state index < -0.39 is 0 Å². The van der Waals surface area contributed by atoms with Crippen LogP contribution in [-0.2, 0) is 5.16 Å². The van der Waals surface area contributed by atoms with Crippen molar-refractivity contribution in [1.82, 2.24) is 0 Å². The molecule has 1 rings (SSSR count). The summed E-state index contributed by atoms with van der Waals surface area (Å²) in [6.45, 7) is 6.59. The molecule has 0 saturated heterocycles. The smallest absolute Gasteiger partial charge is 0.130 e. The standard InChI is InChI=1S/C15H25O3P/c1-7-15(19,10(2)3)14-12(17-5)8-11(16-4)9-13(14)18-6/h8-10H,7,19H2,1-6H3. The third kappa shape index (κ3) is 2.97. The molecule has 108 valence electrons. The van der Waals surface area contributed by atoms with Crippen LogP contribution in [0.15, 0.2) is 12.1 Å². The fourth-order valence-electron chi connectivity index (χ4n) is 2.34. The number of ether oxygens (including phenoxy) is 3. The van der Waals surface area contributed by atoms with E-state index in [2.05, 4.69) is 30.0 Å². The van der Waals surface area contributed by atoms with Crippen LogP contribution in [0.5, 0.6) is 17.2 Å². The molecule has 2 unspecified atom stereocenters. The van der Waals surface area contributed by atoms with Gasteiger partial charge in [0.25, 0.3) is 0 Å². The Morgan fingerprint density at radius 3 is 1.79 bits per heavy atom. The molecule has 0 aromatic heterocycles. The lowest BCUT2D eigenvalue weighted by Gasteiger charge is -2.35. The van der Waals surface area contributed by atoms with Crippen molar-refractivity contribution in [2.45, 2.75) is 32.3 Å². The summed E-state index contributed by atoms with van der Waals surface area (Å²) in [5.41, 5.74) is 1.08. The van der Waals surface area contributed by atoms with E-state index in [0.29, 0.717) is 5.92 Å². The number of methoxy groups -OCH3 is 3. The van der Waals surface area contributed by atoms with Gasteiger partial charge in [-0.3, -0.25) is 0 Å². The highest BCUT2D eigenvalue weighted by atomic mass is 31.0. The van der Waals surface area contributed by atoms with Crippen LogP contribution in [0.25, 0.3) is 0 Å². The van der Waals surface area contributed by atoms with Gasteiger partial charge < -0.3 is 14.2 Å². The van der Waals surface area contributed by atoms with Crippen molar-refractivity contribution >= 4 is 9.24 Å². The molecule has 1 aromatic rings. The number of hydrogen-bond acceptors (Lipinski definition) is 3. The fourth-order valence-corrected chi connectivity index (χ4v) is 2.62. The van der Waals surface area contributed by atoms with Crippen LogP contribution in [0.2, 0.25) is 0 Å². The molecule has 0 aliphatic rings. The Morgan fingerprint density at radius 2 is 1.53 bits per heavy atom. The van der Waals surface area contributed by atoms with Crippen molar-refractivity contribution in [2.24, 2.45) is 5.92 Å². The van der Waals surface area contributed by atoms with Crippen LogP contribution in [0.3, 0.4) is 0 Å². The maximum atomic E-state index is 5.56. The van der Waals surface area contributed by atoms with Gasteiger partial charge in [0.1, 0.15) is 17.2 Å². The van der Waals surface area contributed by atoms with Crippen LogP contribution < -0.4 is 14.2 Å². The molecule has 0 aliphatic heterocycles. The molecule has 2 atom stereocenters. The minimum Gasteiger partial charge on any atom is -0.496 e. The van der Waals surface area contributed by atoms with Crippen molar-refractivity contribution in [3.05, 3.63) is 17.7 Å². The van der Waals surface area contributed by atoms with Crippen LogP contribution in [-0.4, -0.2) is 21.3 Å². The predicted octanol–water partition coefficient (Wildman–Crippen LogP) is 3.85. The van der Waals surface area contributed by atoms with Crippen molar-refractivity contribution in [3.63, 3.8) is 0 Å². The molecule has 19 heavy (non-hydrogen) atoms. The summed E-state index contributed by atoms with van der Waals surface area (Å²) in [6, 6.07) is 3.82. The number of hydrogen-bond donors (Lipinski definition) is 0. The zero-order valence-corrected chi connectivity index (χ0v) is 13.9. The van der Waals surface area contributed by atoms with E-state index in [1.165, 1.54) is 0 Å². The van der Waals surface area contributed by atoms with Gasteiger partial charge in [-0.1, -0.05) is 20.8 Å². The number of benzene rings is 1. The molecule has 0 bridgehead atoms. The fraction of sp³-hybridized carbons (Fsp3) is 0.600. The minimum atomic E-state index is -0.0804. The molecule has 0 saturated carbocycles. The van der Waals surface area contributed by atoms with E-state index >= 15 is 0 Å². The third-order valence-electron chi connectivity index (χ3n) is 3.80. The van der Waals surface area contributed by atoms with Gasteiger partial charge >= 0.3 is 0 Å². The Kier molecular flexibility index (Phi) is 5.49. The van der Waals surface area contributed by atoms with Gasteiger partial charge in [-0.25, -0.2) is 0 Å². The first-order chi connectivity index (χ1) is 8.94. The van der Waals surface area contributed by atoms with Crippen molar-refractivity contribution in [2.75, 3.05) is 21.3 Å². The quantitative estimate of drug-likeness (QED) is 0.743. The Hall–Kier alpha value is -0.950. The molecule has 0 heterocycles. The average molecular weight is 284 g/mol. The predicted molar refractivity (Wildman–Crippen MR) is 82.6 cm³/mol. The first kappa shape index (κ1) is 16.1. The van der Waals surface area contributed by atoms with E-state index in [4.69, 9.17) is 14.2 Å². The molecule has 0 radical (unpaired) electrons. The lowest BCUT2D eigenvalue weighted by atomic mass is 9.83. The molecule has 3 nitrogen and oxygen atoms in total. The first-order valence-electron chi connectivity index (χ1n) is 6.53. The summed E-state index contributed by atoms with van der Waals surface area (Å²) in [5, 5.41) is -0.0804. The molecule has 0 amide bonds. The van der Waals surface area contributed by atoms with E-state index in [1.807, 2.05) is 12.1 Å². The van der Waals surface area contributed by atoms with Crippen molar-refractivity contribution in [1.29, 1.82) is 0 Å². The molecule has 0 aliphatic carbocycles. The SMILES string of the molecule is CCC(P)(c1c(OC)cc(OC)cc1OC)C(C)C. The zero-order chi connectivity index (χ0) is 14.6. The second kappa shape index (κ2) is 6.47. The summed E-state index contributed by atoms with van der Waals surface area (Å²) in [7, 11) is 7.98. The molecular formula is C15H25O3P. The van der Waals surface area contributed by atoms with Crippen molar-refractivity contribution < 1.29 is 14.2 Å². The molecular weight excluding hydrogens is 259 g/mol. The summed E-state index contributed by atoms with van der Waals surface area (Å²) < 4.78 is 16.4. The maximum Gasteiger partial charge on any atom is 0.130 e. The topological polar surface area (TPSA) is 27.7 Å². The van der Waals surface area contributed by atoms with Crippen LogP contribution in [0.4, 0.5) is 0 Å². The summed E-state index contributed by atoms with van der Waals surface area (Å²) in [5.74, 6) is 2.80. The van der Waals surface area contributed by atoms with E-state index in [0.717, 1.165) is 29.2 Å². The van der Waals surface area contributed by atoms with Gasteiger partial charge in [0.15, 0.2) is 0 Å². The number of rotatable bonds is 6. The second-order valence-electron chi connectivity index (χ2n) is 4.96. The lowest BCUT2D eigenvalue weighted by molar-refractivity contribution is 0.340. The monoisotopic (exact) mass is 284 g/mol. The first-order valence-corrected chi connectivity index (χ1v) is 7.11. The van der Waals surface area contributed by atoms with Gasteiger partial charge in [0, 0.05) is 22.9 Å². The Balaban J connectivity index is 3.55. The van der Waals surface area contributed by atoms with E-state index in [1.54, 1.807) is 21.3 Å². The van der Waals surface area contributed by atoms with Gasteiger partial charge in [0.2, 0.25) is 0 Å². The molecule has 1 aromatic carbocycles. The lowest BCUT2D eigenvalue weighted by Crippen LogP contribution is -2.25. The maximum absolute atomic E-state index is 5.56. The largest absolute Gasteiger partial charge is 0.496 e. The Bertz CT molecular complexity index is 406. The molecule has 0 N–H and O–H groups in total. The van der Waals surface area contributed by atoms with Crippen LogP contribution >= 0.6 is 9.24 Å². The average Bonchev–Trinajstić information content (AvgIpc) is 2.44. The second-order valence-corrected chi connectivity index (χ2v) is 5.99. The molecule has 0 spiro atoms. The van der Waals surface area contributed by atoms with E-state index in [9.17, 15) is 0 Å². The van der Waals surface area contributed by atoms with Gasteiger partial charge in [-0.15, -0.1) is 9.24 Å². The van der Waals surface area contributed by atoms with Crippen LogP contribution in [0, 0.1) is 5.92 Å². The van der Waals surface area contributed by atoms with E-state index in [-0.39, 0.29) is 5.16 Å². The summed E-state index contributed by atoms with van der Waals surface area (Å²) in [6.07, 6.45) is 0.981. The normalized spacial score (nSPS) is 14.1. The van der Waals surface area contributed by atoms with Gasteiger partial charge in [0.05, 0.1) is 21.3 Å². The molecule has 0 fully saturated rings. The minimum absolute atomic E-state index is 0.0804. The highest BCUT2D eigenvalue weighted by Gasteiger charge is 2.35. The highest BCUT2D eigenvalue weighted by molar-refractivity contribution is 7.18. The van der Waals surface area contributed by atoms with Gasteiger partial charge in [-0.05, 0) is 12.3 Å². The summed E-state index contributed by atoms with van der Waals surface area (Å²) >= 11 is 0. The molecule has 4 heteroatoms. The van der Waals surface area contributed by atoms with Gasteiger partial charge in [-0.2, -0.15) is 0 Å². The van der Waals surface area contributed by atoms with Crippen LogP contribution in [0.1, 0.15) is 32.8 Å². The van der Waals surface area contributed by atoms with Crippen molar-refractivity contribution in [3.8, 4) is 17.2 Å². The highest BCUT2D eigenvalue weighted by Crippen LogP contribution is 2.51. The third-order valence-corrected chi connectivity index (χ3v) is 5.16. The Morgan fingerprint density at radius 1 is 1.05 bits per heavy atom.